The van der Waals surface area contributed by atoms with E-state index in [4.69, 9.17) is 16.3 Å². The van der Waals surface area contributed by atoms with Crippen LogP contribution in [0.4, 0.5) is 0 Å². The van der Waals surface area contributed by atoms with Gasteiger partial charge in [0.1, 0.15) is 6.61 Å². The lowest BCUT2D eigenvalue weighted by Crippen LogP contribution is -2.41. The second-order valence-corrected chi connectivity index (χ2v) is 9.12. The van der Waals surface area contributed by atoms with Gasteiger partial charge in [0.05, 0.1) is 29.0 Å². The molecule has 1 fully saturated rings. The smallest absolute Gasteiger partial charge is 0.339 e. The van der Waals surface area contributed by atoms with Crippen molar-refractivity contribution in [2.24, 2.45) is 11.8 Å². The summed E-state index contributed by atoms with van der Waals surface area (Å²) >= 11 is 6.06. The number of carbonyl (C=O) groups is 3. The van der Waals surface area contributed by atoms with E-state index in [1.54, 1.807) is 24.3 Å². The van der Waals surface area contributed by atoms with Gasteiger partial charge in [0, 0.05) is 11.8 Å². The molecule has 0 saturated carbocycles. The highest BCUT2D eigenvalue weighted by atomic mass is 35.5. The van der Waals surface area contributed by atoms with Crippen LogP contribution in [0.5, 0.6) is 0 Å². The lowest BCUT2D eigenvalue weighted by molar-refractivity contribution is -0.140. The highest BCUT2D eigenvalue weighted by Crippen LogP contribution is 2.60. The van der Waals surface area contributed by atoms with Crippen molar-refractivity contribution in [2.45, 2.75) is 11.8 Å². The van der Waals surface area contributed by atoms with Gasteiger partial charge in [0.25, 0.3) is 0 Å². The molecule has 2 atom stereocenters. The average Bonchev–Trinajstić information content (AvgIpc) is 3.09. The number of carbonyl (C=O) groups excluding carboxylic acids is 3. The van der Waals surface area contributed by atoms with E-state index in [1.165, 1.54) is 4.90 Å². The van der Waals surface area contributed by atoms with Gasteiger partial charge in [-0.25, -0.2) is 4.79 Å². The topological polar surface area (TPSA) is 63.7 Å². The Labute approximate surface area is 195 Å². The van der Waals surface area contributed by atoms with E-state index in [1.807, 2.05) is 24.3 Å². The third kappa shape index (κ3) is 2.89. The van der Waals surface area contributed by atoms with Crippen LogP contribution in [0.25, 0.3) is 0 Å². The maximum Gasteiger partial charge on any atom is 0.339 e. The third-order valence-electron chi connectivity index (χ3n) is 7.18. The van der Waals surface area contributed by atoms with Gasteiger partial charge < -0.3 is 4.74 Å². The van der Waals surface area contributed by atoms with E-state index in [-0.39, 0.29) is 42.4 Å². The first-order valence-corrected chi connectivity index (χ1v) is 11.4. The number of nitrogens with zero attached hydrogens (tertiary/aromatic N) is 1. The molecule has 3 aromatic rings. The quantitative estimate of drug-likeness (QED) is 0.430. The molecular formula is C27H20ClNO4. The fraction of sp³-hybridized carbons (Fsp3) is 0.222. The first kappa shape index (κ1) is 20.2. The summed E-state index contributed by atoms with van der Waals surface area (Å²) in [6.45, 7) is -0.0385. The molecule has 164 valence electrons. The van der Waals surface area contributed by atoms with Gasteiger partial charge in [-0.3, -0.25) is 14.5 Å². The number of hydrogen-bond donors (Lipinski definition) is 0. The number of benzene rings is 3. The number of hydrogen-bond acceptors (Lipinski definition) is 4. The van der Waals surface area contributed by atoms with Crippen LogP contribution >= 0.6 is 11.6 Å². The minimum atomic E-state index is -0.572. The molecule has 4 aliphatic rings. The number of ether oxygens (including phenoxy) is 1. The van der Waals surface area contributed by atoms with Gasteiger partial charge in [-0.2, -0.15) is 0 Å². The summed E-state index contributed by atoms with van der Waals surface area (Å²) in [4.78, 5) is 40.7. The van der Waals surface area contributed by atoms with Crippen LogP contribution in [0.3, 0.4) is 0 Å². The van der Waals surface area contributed by atoms with Crippen LogP contribution < -0.4 is 0 Å². The lowest BCUT2D eigenvalue weighted by atomic mass is 9.55. The number of likely N-dealkylation sites (tertiary alicyclic amines) is 1. The first-order valence-electron chi connectivity index (χ1n) is 11.0. The molecule has 0 radical (unpaired) electrons. The van der Waals surface area contributed by atoms with E-state index in [9.17, 15) is 14.4 Å². The molecule has 0 N–H and O–H groups in total. The Kier molecular flexibility index (Phi) is 4.63. The van der Waals surface area contributed by atoms with Gasteiger partial charge in [-0.1, -0.05) is 72.3 Å². The molecule has 1 aliphatic heterocycles. The number of halogens is 1. The lowest BCUT2D eigenvalue weighted by Gasteiger charge is -2.45. The summed E-state index contributed by atoms with van der Waals surface area (Å²) in [5.41, 5.74) is 4.80. The summed E-state index contributed by atoms with van der Waals surface area (Å²) in [7, 11) is 0. The van der Waals surface area contributed by atoms with Crippen molar-refractivity contribution in [3.63, 3.8) is 0 Å². The second kappa shape index (κ2) is 7.56. The van der Waals surface area contributed by atoms with Gasteiger partial charge in [0.2, 0.25) is 11.8 Å². The van der Waals surface area contributed by atoms with Crippen molar-refractivity contribution < 1.29 is 19.1 Å². The normalized spacial score (nSPS) is 24.3. The SMILES string of the molecule is O=C(OCCN1C(=O)[C@H]2C3c4ccccc4C(c4ccccc43)[C@@H]2C1=O)c1ccccc1Cl. The molecular weight excluding hydrogens is 438 g/mol. The predicted octanol–water partition coefficient (Wildman–Crippen LogP) is 4.39. The van der Waals surface area contributed by atoms with Crippen molar-refractivity contribution in [2.75, 3.05) is 13.2 Å². The molecule has 3 aliphatic carbocycles. The van der Waals surface area contributed by atoms with E-state index >= 15 is 0 Å². The van der Waals surface area contributed by atoms with Gasteiger partial charge in [-0.15, -0.1) is 0 Å². The number of rotatable bonds is 4. The van der Waals surface area contributed by atoms with Crippen LogP contribution in [0, 0.1) is 11.8 Å². The zero-order chi connectivity index (χ0) is 22.7. The van der Waals surface area contributed by atoms with Crippen molar-refractivity contribution in [3.05, 3.63) is 106 Å². The second-order valence-electron chi connectivity index (χ2n) is 8.71. The molecule has 0 unspecified atom stereocenters. The van der Waals surface area contributed by atoms with Crippen LogP contribution in [-0.4, -0.2) is 35.8 Å². The minimum absolute atomic E-state index is 0.0347. The van der Waals surface area contributed by atoms with E-state index in [0.717, 1.165) is 22.3 Å². The zero-order valence-electron chi connectivity index (χ0n) is 17.6. The highest BCUT2D eigenvalue weighted by Gasteiger charge is 2.61. The predicted molar refractivity (Wildman–Crippen MR) is 122 cm³/mol. The van der Waals surface area contributed by atoms with Crippen molar-refractivity contribution in [3.8, 4) is 0 Å². The highest BCUT2D eigenvalue weighted by molar-refractivity contribution is 6.33. The molecule has 1 heterocycles. The van der Waals surface area contributed by atoms with Crippen molar-refractivity contribution in [1.82, 2.24) is 4.90 Å². The Morgan fingerprint density at radius 1 is 0.758 bits per heavy atom. The largest absolute Gasteiger partial charge is 0.460 e. The Hall–Kier alpha value is -3.44. The molecule has 5 nitrogen and oxygen atoms in total. The van der Waals surface area contributed by atoms with Crippen LogP contribution in [0.15, 0.2) is 72.8 Å². The maximum atomic E-state index is 13.5. The monoisotopic (exact) mass is 457 g/mol. The van der Waals surface area contributed by atoms with Crippen LogP contribution in [-0.2, 0) is 14.3 Å². The molecule has 2 amide bonds. The van der Waals surface area contributed by atoms with E-state index < -0.39 is 17.8 Å². The van der Waals surface area contributed by atoms with E-state index in [0.29, 0.717) is 5.02 Å². The Balaban J connectivity index is 1.27. The minimum Gasteiger partial charge on any atom is -0.460 e. The van der Waals surface area contributed by atoms with Crippen molar-refractivity contribution >= 4 is 29.4 Å². The summed E-state index contributed by atoms with van der Waals surface area (Å²) in [6, 6.07) is 22.9. The third-order valence-corrected chi connectivity index (χ3v) is 7.51. The number of imide groups is 1. The molecule has 33 heavy (non-hydrogen) atoms. The van der Waals surface area contributed by atoms with Gasteiger partial charge >= 0.3 is 5.97 Å². The Morgan fingerprint density at radius 2 is 1.21 bits per heavy atom. The Bertz CT molecular complexity index is 1200. The first-order chi connectivity index (χ1) is 16.1. The standard InChI is InChI=1S/C27H20ClNO4/c28-20-12-6-5-11-19(20)27(32)33-14-13-29-25(30)23-21-15-7-1-2-8-16(15)22(24(23)26(29)31)18-10-4-3-9-17(18)21/h1-12,21-24H,13-14H2/t21?,22?,23-,24-/m0/s1. The van der Waals surface area contributed by atoms with Crippen molar-refractivity contribution in [1.29, 1.82) is 0 Å². The summed E-state index contributed by atoms with van der Waals surface area (Å²) in [6.07, 6.45) is 0. The molecule has 2 bridgehead atoms. The number of amides is 2. The Morgan fingerprint density at radius 3 is 1.70 bits per heavy atom. The fourth-order valence-electron chi connectivity index (χ4n) is 5.89. The fourth-order valence-corrected chi connectivity index (χ4v) is 6.11. The molecule has 1 saturated heterocycles. The van der Waals surface area contributed by atoms with Gasteiger partial charge in [-0.05, 0) is 34.4 Å². The molecule has 0 spiro atoms. The molecule has 6 heteroatoms. The van der Waals surface area contributed by atoms with Crippen LogP contribution in [0.1, 0.15) is 44.4 Å². The maximum absolute atomic E-state index is 13.5. The molecule has 7 rings (SSSR count). The average molecular weight is 458 g/mol. The van der Waals surface area contributed by atoms with E-state index in [2.05, 4.69) is 24.3 Å². The number of esters is 1. The summed E-state index contributed by atoms with van der Waals surface area (Å²) in [5.74, 6) is -2.07. The zero-order valence-corrected chi connectivity index (χ0v) is 18.4. The molecule has 0 aromatic heterocycles. The van der Waals surface area contributed by atoms with Crippen LogP contribution in [0.2, 0.25) is 5.02 Å². The van der Waals surface area contributed by atoms with Gasteiger partial charge in [0.15, 0.2) is 0 Å². The summed E-state index contributed by atoms with van der Waals surface area (Å²) in [5, 5.41) is 0.300. The summed E-state index contributed by atoms with van der Waals surface area (Å²) < 4.78 is 5.34. The molecule has 3 aromatic carbocycles.